The maximum atomic E-state index is 13.1. The molecule has 0 saturated carbocycles. The van der Waals surface area contributed by atoms with E-state index in [1.54, 1.807) is 34.2 Å². The Balaban J connectivity index is 1.29. The van der Waals surface area contributed by atoms with Gasteiger partial charge in [0.2, 0.25) is 11.8 Å². The molecule has 174 valence electrons. The maximum Gasteiger partial charge on any atom is 0.262 e. The smallest absolute Gasteiger partial charge is 0.262 e. The van der Waals surface area contributed by atoms with Gasteiger partial charge in [0.15, 0.2) is 0 Å². The first-order chi connectivity index (χ1) is 16.9. The van der Waals surface area contributed by atoms with Gasteiger partial charge in [-0.25, -0.2) is 4.68 Å². The molecule has 0 bridgehead atoms. The molecule has 0 radical (unpaired) electrons. The first-order valence-corrected chi connectivity index (χ1v) is 12.0. The van der Waals surface area contributed by atoms with E-state index < -0.39 is 29.7 Å². The summed E-state index contributed by atoms with van der Waals surface area (Å²) in [6.45, 7) is 2.05. The van der Waals surface area contributed by atoms with Gasteiger partial charge in [-0.05, 0) is 47.9 Å². The maximum absolute atomic E-state index is 13.1. The first-order valence-electron chi connectivity index (χ1n) is 11.2. The molecule has 35 heavy (non-hydrogen) atoms. The lowest BCUT2D eigenvalue weighted by atomic mass is 10.0. The third kappa shape index (κ3) is 3.36. The highest BCUT2D eigenvalue weighted by Crippen LogP contribution is 2.33. The van der Waals surface area contributed by atoms with Crippen molar-refractivity contribution in [3.63, 3.8) is 0 Å². The van der Waals surface area contributed by atoms with Crippen LogP contribution in [0, 0.1) is 0 Å². The van der Waals surface area contributed by atoms with Crippen molar-refractivity contribution in [2.45, 2.75) is 31.8 Å². The Morgan fingerprint density at radius 2 is 1.86 bits per heavy atom. The summed E-state index contributed by atoms with van der Waals surface area (Å²) >= 11 is 1.68. The van der Waals surface area contributed by atoms with E-state index >= 15 is 0 Å². The highest BCUT2D eigenvalue weighted by Gasteiger charge is 2.44. The molecular weight excluding hydrogens is 466 g/mol. The molecule has 4 amide bonds. The number of aromatic nitrogens is 3. The fraction of sp³-hybridized carbons (Fsp3) is 0.200. The van der Waals surface area contributed by atoms with Gasteiger partial charge < -0.3 is 0 Å². The summed E-state index contributed by atoms with van der Waals surface area (Å²) < 4.78 is 2.98. The van der Waals surface area contributed by atoms with Crippen LogP contribution in [-0.2, 0) is 9.59 Å². The number of carbonyl (C=O) groups excluding carboxylic acids is 4. The normalized spacial score (nSPS) is 18.8. The van der Waals surface area contributed by atoms with Crippen LogP contribution < -0.4 is 5.32 Å². The molecule has 0 spiro atoms. The number of piperidine rings is 1. The highest BCUT2D eigenvalue weighted by molar-refractivity contribution is 7.17. The van der Waals surface area contributed by atoms with Crippen molar-refractivity contribution < 1.29 is 19.2 Å². The molecule has 1 N–H and O–H groups in total. The molecule has 1 unspecified atom stereocenters. The van der Waals surface area contributed by atoms with Crippen molar-refractivity contribution in [1.82, 2.24) is 25.2 Å². The van der Waals surface area contributed by atoms with E-state index in [2.05, 4.69) is 40.1 Å². The van der Waals surface area contributed by atoms with Crippen molar-refractivity contribution in [1.29, 1.82) is 0 Å². The van der Waals surface area contributed by atoms with Crippen LogP contribution in [0.1, 0.15) is 52.1 Å². The van der Waals surface area contributed by atoms with Gasteiger partial charge in [-0.15, -0.1) is 16.4 Å². The van der Waals surface area contributed by atoms with E-state index in [4.69, 9.17) is 0 Å². The topological polar surface area (TPSA) is 114 Å². The molecule has 10 heteroatoms. The van der Waals surface area contributed by atoms with Gasteiger partial charge in [0.25, 0.3) is 11.8 Å². The van der Waals surface area contributed by atoms with E-state index in [1.165, 1.54) is 10.1 Å². The predicted octanol–water partition coefficient (Wildman–Crippen LogP) is 3.17. The molecule has 2 aliphatic heterocycles. The average Bonchev–Trinajstić information content (AvgIpc) is 3.57. The standard InChI is InChI=1S/C25H19N5O4S/c1-13(18-12-35-21-5-3-2-4-15(18)21)29-11-19(27-28-29)14-6-7-16-17(10-14)25(34)30(24(16)33)20-8-9-22(31)26-23(20)32/h2-7,10-13,20H,8-9H2,1H3,(H,26,31,32)/t13-,20?/m0/s1. The Morgan fingerprint density at radius 3 is 2.69 bits per heavy atom. The Hall–Kier alpha value is -4.18. The number of amides is 4. The lowest BCUT2D eigenvalue weighted by molar-refractivity contribution is -0.136. The number of carbonyl (C=O) groups is 4. The molecule has 9 nitrogen and oxygen atoms in total. The molecule has 2 atom stereocenters. The van der Waals surface area contributed by atoms with Crippen LogP contribution in [0.5, 0.6) is 0 Å². The minimum atomic E-state index is -0.995. The first kappa shape index (κ1) is 21.4. The van der Waals surface area contributed by atoms with E-state index in [-0.39, 0.29) is 30.0 Å². The third-order valence-corrected chi connectivity index (χ3v) is 7.59. The fourth-order valence-corrected chi connectivity index (χ4v) is 5.74. The van der Waals surface area contributed by atoms with Crippen LogP contribution in [0.4, 0.5) is 0 Å². The molecule has 1 saturated heterocycles. The van der Waals surface area contributed by atoms with Gasteiger partial charge >= 0.3 is 0 Å². The Labute approximate surface area is 203 Å². The molecule has 2 aromatic carbocycles. The largest absolute Gasteiger partial charge is 0.295 e. The van der Waals surface area contributed by atoms with E-state index in [0.717, 1.165) is 10.5 Å². The second kappa shape index (κ2) is 7.95. The highest BCUT2D eigenvalue weighted by atomic mass is 32.1. The second-order valence-electron chi connectivity index (χ2n) is 8.65. The minimum absolute atomic E-state index is 0.0481. The van der Waals surface area contributed by atoms with Crippen LogP contribution >= 0.6 is 11.3 Å². The Bertz CT molecular complexity index is 1550. The second-order valence-corrected chi connectivity index (χ2v) is 9.57. The molecule has 1 fully saturated rings. The van der Waals surface area contributed by atoms with E-state index in [0.29, 0.717) is 11.3 Å². The zero-order valence-electron chi connectivity index (χ0n) is 18.6. The van der Waals surface area contributed by atoms with Gasteiger partial charge in [-0.2, -0.15) is 0 Å². The van der Waals surface area contributed by atoms with Crippen molar-refractivity contribution in [2.75, 3.05) is 0 Å². The van der Waals surface area contributed by atoms with Crippen molar-refractivity contribution in [3.8, 4) is 11.3 Å². The molecule has 2 aromatic heterocycles. The van der Waals surface area contributed by atoms with E-state index in [9.17, 15) is 19.2 Å². The number of imide groups is 2. The number of fused-ring (bicyclic) bond motifs is 2. The number of hydrogen-bond acceptors (Lipinski definition) is 7. The summed E-state index contributed by atoms with van der Waals surface area (Å²) in [7, 11) is 0. The van der Waals surface area contributed by atoms with Gasteiger partial charge in [-0.3, -0.25) is 29.4 Å². The van der Waals surface area contributed by atoms with Crippen LogP contribution in [0.25, 0.3) is 21.3 Å². The molecule has 4 heterocycles. The zero-order chi connectivity index (χ0) is 24.3. The number of hydrogen-bond donors (Lipinski definition) is 1. The Kier molecular flexibility index (Phi) is 4.85. The minimum Gasteiger partial charge on any atom is -0.295 e. The number of thiophene rings is 1. The predicted molar refractivity (Wildman–Crippen MR) is 128 cm³/mol. The molecule has 0 aliphatic carbocycles. The Morgan fingerprint density at radius 1 is 1.06 bits per heavy atom. The van der Waals surface area contributed by atoms with Crippen LogP contribution in [0.2, 0.25) is 0 Å². The molecule has 2 aliphatic rings. The summed E-state index contributed by atoms with van der Waals surface area (Å²) in [6, 6.07) is 12.1. The molecular formula is C25H19N5O4S. The van der Waals surface area contributed by atoms with Crippen molar-refractivity contribution in [3.05, 3.63) is 70.7 Å². The quantitative estimate of drug-likeness (QED) is 0.444. The summed E-state index contributed by atoms with van der Waals surface area (Å²) in [5, 5.41) is 14.1. The number of rotatable bonds is 4. The summed E-state index contributed by atoms with van der Waals surface area (Å²) in [5.41, 5.74) is 2.80. The monoisotopic (exact) mass is 485 g/mol. The summed E-state index contributed by atoms with van der Waals surface area (Å²) in [5.74, 6) is -2.12. The zero-order valence-corrected chi connectivity index (χ0v) is 19.4. The van der Waals surface area contributed by atoms with Crippen LogP contribution in [0.15, 0.2) is 54.0 Å². The fourth-order valence-electron chi connectivity index (χ4n) is 4.69. The lowest BCUT2D eigenvalue weighted by Gasteiger charge is -2.27. The van der Waals surface area contributed by atoms with Crippen LogP contribution in [-0.4, -0.2) is 49.6 Å². The number of benzene rings is 2. The SMILES string of the molecule is C[C@@H](c1csc2ccccc12)n1cc(-c2ccc3c(c2)C(=O)N(C2CCC(=O)NC2=O)C3=O)nn1. The van der Waals surface area contributed by atoms with Gasteiger partial charge in [0.05, 0.1) is 23.4 Å². The summed E-state index contributed by atoms with van der Waals surface area (Å²) in [6.07, 6.45) is 2.01. The van der Waals surface area contributed by atoms with Crippen LogP contribution in [0.3, 0.4) is 0 Å². The van der Waals surface area contributed by atoms with E-state index in [1.807, 2.05) is 18.3 Å². The number of nitrogens with zero attached hydrogens (tertiary/aromatic N) is 4. The lowest BCUT2D eigenvalue weighted by Crippen LogP contribution is -2.54. The summed E-state index contributed by atoms with van der Waals surface area (Å²) in [4.78, 5) is 50.7. The van der Waals surface area contributed by atoms with Crippen molar-refractivity contribution >= 4 is 45.1 Å². The molecule has 4 aromatic rings. The number of nitrogens with one attached hydrogen (secondary N) is 1. The van der Waals surface area contributed by atoms with Gasteiger partial charge in [-0.1, -0.05) is 29.5 Å². The van der Waals surface area contributed by atoms with Gasteiger partial charge in [0.1, 0.15) is 11.7 Å². The molecule has 6 rings (SSSR count). The average molecular weight is 486 g/mol. The third-order valence-electron chi connectivity index (χ3n) is 6.60. The van der Waals surface area contributed by atoms with Crippen molar-refractivity contribution in [2.24, 2.45) is 0 Å². The van der Waals surface area contributed by atoms with Gasteiger partial charge in [0, 0.05) is 16.7 Å².